The highest BCUT2D eigenvalue weighted by Crippen LogP contribution is 2.41. The molecule has 2 aliphatic rings. The number of benzene rings is 1. The van der Waals surface area contributed by atoms with Gasteiger partial charge in [0.1, 0.15) is 0 Å². The lowest BCUT2D eigenvalue weighted by Crippen LogP contribution is -2.13. The predicted octanol–water partition coefficient (Wildman–Crippen LogP) is 4.70. The van der Waals surface area contributed by atoms with Crippen LogP contribution >= 0.6 is 11.6 Å². The number of hydrogen-bond donors (Lipinski definition) is 1. The molecule has 2 aliphatic carbocycles. The highest BCUT2D eigenvalue weighted by Gasteiger charge is 2.40. The smallest absolute Gasteiger partial charge is 0.0690 e. The van der Waals surface area contributed by atoms with Crippen molar-refractivity contribution in [3.8, 4) is 0 Å². The minimum Gasteiger partial charge on any atom is -0.390 e. The Morgan fingerprint density at radius 1 is 1.21 bits per heavy atom. The van der Waals surface area contributed by atoms with Crippen LogP contribution in [0, 0.1) is 5.92 Å². The van der Waals surface area contributed by atoms with E-state index in [4.69, 9.17) is 11.6 Å². The summed E-state index contributed by atoms with van der Waals surface area (Å²) in [4.78, 5) is 0. The minimum atomic E-state index is -0.425. The molecule has 1 nitrogen and oxygen atoms in total. The van der Waals surface area contributed by atoms with Crippen molar-refractivity contribution in [3.63, 3.8) is 0 Å². The average Bonchev–Trinajstić information content (AvgIpc) is 3.08. The first-order valence-corrected chi connectivity index (χ1v) is 7.94. The molecule has 0 unspecified atom stereocenters. The first-order valence-electron chi connectivity index (χ1n) is 7.56. The predicted molar refractivity (Wildman–Crippen MR) is 79.7 cm³/mol. The molecule has 0 atom stereocenters. The van der Waals surface area contributed by atoms with Crippen LogP contribution in [-0.2, 0) is 6.42 Å². The maximum atomic E-state index is 9.98. The molecule has 19 heavy (non-hydrogen) atoms. The van der Waals surface area contributed by atoms with Crippen LogP contribution in [0.3, 0.4) is 0 Å². The van der Waals surface area contributed by atoms with Gasteiger partial charge in [-0.25, -0.2) is 0 Å². The van der Waals surface area contributed by atoms with E-state index in [0.29, 0.717) is 5.92 Å². The first-order chi connectivity index (χ1) is 9.06. The van der Waals surface area contributed by atoms with Crippen LogP contribution in [0.2, 0.25) is 5.02 Å². The van der Waals surface area contributed by atoms with Gasteiger partial charge in [-0.3, -0.25) is 0 Å². The van der Waals surface area contributed by atoms with Crippen molar-refractivity contribution in [2.75, 3.05) is 0 Å². The Balaban J connectivity index is 1.72. The fourth-order valence-corrected chi connectivity index (χ4v) is 3.64. The van der Waals surface area contributed by atoms with Crippen LogP contribution in [0.1, 0.15) is 62.5 Å². The van der Waals surface area contributed by atoms with E-state index >= 15 is 0 Å². The van der Waals surface area contributed by atoms with Gasteiger partial charge in [0.2, 0.25) is 0 Å². The Morgan fingerprint density at radius 3 is 2.47 bits per heavy atom. The maximum Gasteiger partial charge on any atom is 0.0690 e. The summed E-state index contributed by atoms with van der Waals surface area (Å²) in [6.07, 6.45) is 7.81. The lowest BCUT2D eigenvalue weighted by atomic mass is 9.79. The van der Waals surface area contributed by atoms with Crippen LogP contribution in [-0.4, -0.2) is 10.7 Å². The Kier molecular flexibility index (Phi) is 3.61. The van der Waals surface area contributed by atoms with Crippen LogP contribution in [0.25, 0.3) is 0 Å². The minimum absolute atomic E-state index is 0.425. The third-order valence-electron chi connectivity index (χ3n) is 4.88. The van der Waals surface area contributed by atoms with Crippen LogP contribution < -0.4 is 0 Å². The van der Waals surface area contributed by atoms with Crippen LogP contribution in [0.4, 0.5) is 0 Å². The summed E-state index contributed by atoms with van der Waals surface area (Å²) < 4.78 is 0. The molecule has 2 saturated carbocycles. The van der Waals surface area contributed by atoms with E-state index in [1.807, 2.05) is 0 Å². The SMILES string of the molecule is CC1CCC(c2ccc(CC3(O)CC3)cc2Cl)CC1. The monoisotopic (exact) mass is 278 g/mol. The quantitative estimate of drug-likeness (QED) is 0.850. The summed E-state index contributed by atoms with van der Waals surface area (Å²) >= 11 is 6.47. The number of hydrogen-bond acceptors (Lipinski definition) is 1. The molecule has 0 radical (unpaired) electrons. The molecule has 0 spiro atoms. The zero-order chi connectivity index (χ0) is 13.5. The van der Waals surface area contributed by atoms with Gasteiger partial charge in [-0.15, -0.1) is 0 Å². The molecule has 0 aliphatic heterocycles. The molecule has 0 amide bonds. The summed E-state index contributed by atoms with van der Waals surface area (Å²) in [7, 11) is 0. The Morgan fingerprint density at radius 2 is 1.89 bits per heavy atom. The van der Waals surface area contributed by atoms with Gasteiger partial charge in [0.25, 0.3) is 0 Å². The molecule has 1 aromatic rings. The van der Waals surface area contributed by atoms with Gasteiger partial charge >= 0.3 is 0 Å². The Labute approximate surface area is 121 Å². The van der Waals surface area contributed by atoms with E-state index in [0.717, 1.165) is 30.2 Å². The Bertz CT molecular complexity index is 456. The molecule has 1 N–H and O–H groups in total. The molecule has 104 valence electrons. The van der Waals surface area contributed by atoms with Gasteiger partial charge < -0.3 is 5.11 Å². The molecular formula is C17H23ClO. The number of rotatable bonds is 3. The van der Waals surface area contributed by atoms with Gasteiger partial charge in [0.05, 0.1) is 5.60 Å². The lowest BCUT2D eigenvalue weighted by Gasteiger charge is -2.27. The van der Waals surface area contributed by atoms with Crippen LogP contribution in [0.5, 0.6) is 0 Å². The summed E-state index contributed by atoms with van der Waals surface area (Å²) in [6, 6.07) is 6.44. The standard InChI is InChI=1S/C17H23ClO/c1-12-2-5-14(6-3-12)15-7-4-13(10-16(15)18)11-17(19)8-9-17/h4,7,10,12,14,19H,2-3,5-6,8-9,11H2,1H3. The number of aliphatic hydroxyl groups is 1. The molecule has 3 rings (SSSR count). The zero-order valence-electron chi connectivity index (χ0n) is 11.7. The normalized spacial score (nSPS) is 29.2. The fraction of sp³-hybridized carbons (Fsp3) is 0.647. The summed E-state index contributed by atoms with van der Waals surface area (Å²) in [5.74, 6) is 1.51. The molecular weight excluding hydrogens is 256 g/mol. The molecule has 1 aromatic carbocycles. The van der Waals surface area contributed by atoms with E-state index in [2.05, 4.69) is 25.1 Å². The van der Waals surface area contributed by atoms with E-state index in [1.165, 1.54) is 36.8 Å². The molecule has 2 fully saturated rings. The van der Waals surface area contributed by atoms with Crippen molar-refractivity contribution in [2.45, 2.75) is 63.4 Å². The van der Waals surface area contributed by atoms with Crippen LogP contribution in [0.15, 0.2) is 18.2 Å². The highest BCUT2D eigenvalue weighted by molar-refractivity contribution is 6.31. The molecule has 0 aromatic heterocycles. The van der Waals surface area contributed by atoms with E-state index < -0.39 is 5.60 Å². The molecule has 0 bridgehead atoms. The van der Waals surface area contributed by atoms with Gasteiger partial charge in [0, 0.05) is 11.4 Å². The molecule has 2 heteroatoms. The highest BCUT2D eigenvalue weighted by atomic mass is 35.5. The second-order valence-corrected chi connectivity index (χ2v) is 7.12. The zero-order valence-corrected chi connectivity index (χ0v) is 12.4. The second kappa shape index (κ2) is 5.10. The van der Waals surface area contributed by atoms with E-state index in [-0.39, 0.29) is 0 Å². The van der Waals surface area contributed by atoms with Crippen molar-refractivity contribution in [1.29, 1.82) is 0 Å². The van der Waals surface area contributed by atoms with Crippen molar-refractivity contribution < 1.29 is 5.11 Å². The average molecular weight is 279 g/mol. The topological polar surface area (TPSA) is 20.2 Å². The number of halogens is 1. The molecule has 0 saturated heterocycles. The summed E-state index contributed by atoms with van der Waals surface area (Å²) in [5, 5.41) is 10.9. The lowest BCUT2D eigenvalue weighted by molar-refractivity contribution is 0.151. The fourth-order valence-electron chi connectivity index (χ4n) is 3.28. The summed E-state index contributed by atoms with van der Waals surface area (Å²) in [5.41, 5.74) is 2.07. The van der Waals surface area contributed by atoms with E-state index in [1.54, 1.807) is 0 Å². The van der Waals surface area contributed by atoms with Gasteiger partial charge in [-0.2, -0.15) is 0 Å². The first kappa shape index (κ1) is 13.5. The van der Waals surface area contributed by atoms with Gasteiger partial charge in [-0.05, 0) is 54.7 Å². The second-order valence-electron chi connectivity index (χ2n) is 6.71. The third-order valence-corrected chi connectivity index (χ3v) is 5.21. The van der Waals surface area contributed by atoms with Gasteiger partial charge in [0.15, 0.2) is 0 Å². The van der Waals surface area contributed by atoms with Crippen molar-refractivity contribution in [1.82, 2.24) is 0 Å². The maximum absolute atomic E-state index is 9.98. The third kappa shape index (κ3) is 3.14. The largest absolute Gasteiger partial charge is 0.390 e. The molecule has 0 heterocycles. The van der Waals surface area contributed by atoms with Crippen molar-refractivity contribution in [3.05, 3.63) is 34.3 Å². The van der Waals surface area contributed by atoms with Crippen molar-refractivity contribution >= 4 is 11.6 Å². The summed E-state index contributed by atoms with van der Waals surface area (Å²) in [6.45, 7) is 2.34. The van der Waals surface area contributed by atoms with E-state index in [9.17, 15) is 5.11 Å². The van der Waals surface area contributed by atoms with Gasteiger partial charge in [-0.1, -0.05) is 43.5 Å². The Hall–Kier alpha value is -0.530. The van der Waals surface area contributed by atoms with Crippen molar-refractivity contribution in [2.24, 2.45) is 5.92 Å².